The van der Waals surface area contributed by atoms with Crippen LogP contribution in [0.2, 0.25) is 0 Å². The van der Waals surface area contributed by atoms with Gasteiger partial charge in [0.1, 0.15) is 17.2 Å². The summed E-state index contributed by atoms with van der Waals surface area (Å²) in [5, 5.41) is 1.91. The van der Waals surface area contributed by atoms with Gasteiger partial charge in [-0.2, -0.15) is 0 Å². The van der Waals surface area contributed by atoms with Gasteiger partial charge in [0, 0.05) is 47.8 Å². The molecule has 8 rings (SSSR count). The normalized spacial score (nSPS) is 29.9. The van der Waals surface area contributed by atoms with Crippen LogP contribution in [-0.4, -0.2) is 59.2 Å². The van der Waals surface area contributed by atoms with Gasteiger partial charge in [-0.15, -0.1) is 11.8 Å². The van der Waals surface area contributed by atoms with Gasteiger partial charge in [-0.05, 0) is 64.9 Å². The Morgan fingerprint density at radius 1 is 0.881 bits per heavy atom. The maximum atomic E-state index is 15.4. The zero-order valence-corrected chi connectivity index (χ0v) is 23.8. The topological polar surface area (TPSA) is 40.6 Å². The monoisotopic (exact) mass is 578 g/mol. The number of benzene rings is 4. The van der Waals surface area contributed by atoms with Crippen molar-refractivity contribution in [3.63, 3.8) is 0 Å². The zero-order chi connectivity index (χ0) is 28.8. The number of halogens is 2. The fourth-order valence-corrected chi connectivity index (χ4v) is 9.84. The van der Waals surface area contributed by atoms with Crippen molar-refractivity contribution in [1.82, 2.24) is 9.80 Å². The third-order valence-corrected chi connectivity index (χ3v) is 10.9. The molecule has 3 saturated heterocycles. The van der Waals surface area contributed by atoms with Gasteiger partial charge in [-0.25, -0.2) is 8.78 Å². The summed E-state index contributed by atoms with van der Waals surface area (Å²) in [5.41, 5.74) is 1.33. The Bertz CT molecular complexity index is 1820. The van der Waals surface area contributed by atoms with Crippen molar-refractivity contribution in [2.24, 2.45) is 5.41 Å². The number of likely N-dealkylation sites (N-methyl/N-ethyl adjacent to an activating group) is 1. The van der Waals surface area contributed by atoms with Crippen LogP contribution in [0, 0.1) is 17.0 Å². The lowest BCUT2D eigenvalue weighted by Gasteiger charge is -2.51. The largest absolute Gasteiger partial charge is 0.301 e. The van der Waals surface area contributed by atoms with E-state index in [1.54, 1.807) is 36.0 Å². The maximum Gasteiger partial charge on any atom is 0.189 e. The molecular weight excluding hydrogens is 550 g/mol. The molecule has 0 N–H and O–H groups in total. The molecule has 7 heteroatoms. The number of nitrogens with zero attached hydrogens (tertiary/aromatic N) is 2. The first-order chi connectivity index (χ1) is 20.4. The lowest BCUT2D eigenvalue weighted by Crippen LogP contribution is -2.65. The standard InChI is InChI=1S/C35H28F2N2O2S/c1-38-17-24(16-21-8-12-25(36)13-9-21)32(40)34(19-38)31(23-10-14-26(37)15-11-23)29-18-42-20-39(29)35(34)28-7-3-5-22-4-2-6-27(30(22)28)33(35)41/h2-16,29,31H,17-20H2,1H3/b24-16+/t29-,31-,34?,35-/m0/s1. The Morgan fingerprint density at radius 3 is 2.31 bits per heavy atom. The predicted molar refractivity (Wildman–Crippen MR) is 161 cm³/mol. The number of hydrogen-bond donors (Lipinski definition) is 0. The van der Waals surface area contributed by atoms with Gasteiger partial charge >= 0.3 is 0 Å². The van der Waals surface area contributed by atoms with E-state index in [9.17, 15) is 8.78 Å². The van der Waals surface area contributed by atoms with E-state index >= 15 is 9.59 Å². The molecule has 3 aliphatic heterocycles. The van der Waals surface area contributed by atoms with Gasteiger partial charge < -0.3 is 4.90 Å². The number of carbonyl (C=O) groups excluding carboxylic acids is 2. The molecule has 210 valence electrons. The Hall–Kier alpha value is -3.65. The van der Waals surface area contributed by atoms with Crippen molar-refractivity contribution in [3.8, 4) is 0 Å². The molecular formula is C35H28F2N2O2S. The average Bonchev–Trinajstić information content (AvgIpc) is 3.62. The Morgan fingerprint density at radius 2 is 1.57 bits per heavy atom. The second kappa shape index (κ2) is 9.17. The summed E-state index contributed by atoms with van der Waals surface area (Å²) in [6.07, 6.45) is 1.85. The summed E-state index contributed by atoms with van der Waals surface area (Å²) in [7, 11) is 1.99. The van der Waals surface area contributed by atoms with Crippen LogP contribution in [0.1, 0.15) is 33.0 Å². The number of rotatable bonds is 2. The van der Waals surface area contributed by atoms with Crippen molar-refractivity contribution >= 4 is 40.2 Å². The molecule has 4 aromatic rings. The first-order valence-corrected chi connectivity index (χ1v) is 15.4. The minimum absolute atomic E-state index is 0.0313. The predicted octanol–water partition coefficient (Wildman–Crippen LogP) is 6.27. The Kier molecular flexibility index (Phi) is 5.68. The number of thioether (sulfide) groups is 1. The van der Waals surface area contributed by atoms with E-state index in [0.717, 1.165) is 33.2 Å². The summed E-state index contributed by atoms with van der Waals surface area (Å²) in [5.74, 6) is 0.262. The highest BCUT2D eigenvalue weighted by Gasteiger charge is 2.78. The van der Waals surface area contributed by atoms with E-state index in [4.69, 9.17) is 0 Å². The van der Waals surface area contributed by atoms with Crippen LogP contribution >= 0.6 is 11.8 Å². The van der Waals surface area contributed by atoms with Crippen molar-refractivity contribution in [2.45, 2.75) is 17.5 Å². The molecule has 0 aromatic heterocycles. The van der Waals surface area contributed by atoms with Gasteiger partial charge in [0.05, 0.1) is 5.41 Å². The highest BCUT2D eigenvalue weighted by Crippen LogP contribution is 2.69. The van der Waals surface area contributed by atoms with Crippen LogP contribution in [0.5, 0.6) is 0 Å². The van der Waals surface area contributed by atoms with Gasteiger partial charge in [0.15, 0.2) is 11.6 Å². The highest BCUT2D eigenvalue weighted by molar-refractivity contribution is 7.99. The molecule has 0 radical (unpaired) electrons. The first kappa shape index (κ1) is 26.0. The lowest BCUT2D eigenvalue weighted by molar-refractivity contribution is -0.134. The van der Waals surface area contributed by atoms with Crippen molar-refractivity contribution in [2.75, 3.05) is 31.8 Å². The van der Waals surface area contributed by atoms with Crippen LogP contribution < -0.4 is 0 Å². The van der Waals surface area contributed by atoms with E-state index in [0.29, 0.717) is 30.1 Å². The SMILES string of the molecule is CN1C/C(=C\c2ccc(F)cc2)C(=O)C2(C1)[C@@H](c1ccc(F)cc1)[C@@H]1CSCN1[C@@]21C(=O)c2cccc3cccc1c23. The number of hydrogen-bond acceptors (Lipinski definition) is 5. The van der Waals surface area contributed by atoms with E-state index in [1.165, 1.54) is 24.3 Å². The maximum absolute atomic E-state index is 15.4. The molecule has 2 spiro atoms. The minimum Gasteiger partial charge on any atom is -0.301 e. The first-order valence-electron chi connectivity index (χ1n) is 14.2. The van der Waals surface area contributed by atoms with Crippen LogP contribution in [0.15, 0.2) is 90.5 Å². The minimum atomic E-state index is -1.23. The van der Waals surface area contributed by atoms with Gasteiger partial charge in [0.2, 0.25) is 0 Å². The Labute approximate surface area is 247 Å². The summed E-state index contributed by atoms with van der Waals surface area (Å²) >= 11 is 1.78. The number of fused-ring (bicyclic) bond motifs is 4. The summed E-state index contributed by atoms with van der Waals surface area (Å²) in [4.78, 5) is 35.0. The molecule has 42 heavy (non-hydrogen) atoms. The van der Waals surface area contributed by atoms with Crippen LogP contribution in [0.4, 0.5) is 8.78 Å². The third-order valence-electron chi connectivity index (χ3n) is 9.88. The molecule has 4 nitrogen and oxygen atoms in total. The van der Waals surface area contributed by atoms with E-state index in [2.05, 4.69) is 9.80 Å². The van der Waals surface area contributed by atoms with Crippen molar-refractivity contribution in [1.29, 1.82) is 0 Å². The fraction of sp³-hybridized carbons (Fsp3) is 0.257. The number of carbonyl (C=O) groups is 2. The van der Waals surface area contributed by atoms with E-state index < -0.39 is 11.0 Å². The molecule has 3 heterocycles. The lowest BCUT2D eigenvalue weighted by atomic mass is 9.55. The van der Waals surface area contributed by atoms with Gasteiger partial charge in [-0.1, -0.05) is 60.7 Å². The molecule has 0 amide bonds. The molecule has 1 aliphatic carbocycles. The van der Waals surface area contributed by atoms with Crippen LogP contribution in [-0.2, 0) is 10.3 Å². The molecule has 3 fully saturated rings. The fourth-order valence-electron chi connectivity index (χ4n) is 8.53. The zero-order valence-electron chi connectivity index (χ0n) is 23.0. The molecule has 1 unspecified atom stereocenters. The van der Waals surface area contributed by atoms with Crippen molar-refractivity contribution < 1.29 is 18.4 Å². The summed E-state index contributed by atoms with van der Waals surface area (Å²) in [6.45, 7) is 0.789. The number of ketones is 2. The molecule has 4 atom stereocenters. The molecule has 0 saturated carbocycles. The number of Topliss-reactive ketones (excluding diaryl/α,β-unsaturated/α-hetero) is 2. The molecule has 0 bridgehead atoms. The second-order valence-corrected chi connectivity index (χ2v) is 13.0. The van der Waals surface area contributed by atoms with Crippen LogP contribution in [0.3, 0.4) is 0 Å². The molecule has 4 aromatic carbocycles. The smallest absolute Gasteiger partial charge is 0.189 e. The van der Waals surface area contributed by atoms with Crippen molar-refractivity contribution in [3.05, 3.63) is 124 Å². The Balaban J connectivity index is 1.45. The van der Waals surface area contributed by atoms with E-state index in [1.807, 2.05) is 49.5 Å². The third kappa shape index (κ3) is 3.24. The second-order valence-electron chi connectivity index (χ2n) is 12.0. The van der Waals surface area contributed by atoms with E-state index in [-0.39, 0.29) is 35.2 Å². The number of likely N-dealkylation sites (tertiary alicyclic amines) is 1. The number of piperidine rings is 1. The van der Waals surface area contributed by atoms with Crippen LogP contribution in [0.25, 0.3) is 16.8 Å². The quantitative estimate of drug-likeness (QED) is 0.263. The molecule has 4 aliphatic rings. The van der Waals surface area contributed by atoms with Gasteiger partial charge in [0.25, 0.3) is 0 Å². The summed E-state index contributed by atoms with van der Waals surface area (Å²) < 4.78 is 28.0. The summed E-state index contributed by atoms with van der Waals surface area (Å²) in [6, 6.07) is 24.4. The highest BCUT2D eigenvalue weighted by atomic mass is 32.2. The average molecular weight is 579 g/mol. The van der Waals surface area contributed by atoms with Gasteiger partial charge in [-0.3, -0.25) is 14.5 Å².